The predicted octanol–water partition coefficient (Wildman–Crippen LogP) is -0.153. The molecule has 0 aliphatic rings. The van der Waals surface area contributed by atoms with Gasteiger partial charge in [-0.3, -0.25) is 18.7 Å². The first-order valence-corrected chi connectivity index (χ1v) is 6.14. The summed E-state index contributed by atoms with van der Waals surface area (Å²) >= 11 is 0. The largest absolute Gasteiger partial charge is 0.439 e. The van der Waals surface area contributed by atoms with E-state index in [1.807, 2.05) is 0 Å². The zero-order chi connectivity index (χ0) is 16.4. The minimum absolute atomic E-state index is 0.177. The number of carbonyl (C=O) groups excluding carboxylic acids is 1. The highest BCUT2D eigenvalue weighted by Gasteiger charge is 2.17. The average Bonchev–Trinajstić information content (AvgIpc) is 2.51. The molecule has 1 aromatic carbocycles. The number of hydrogen-bond acceptors (Lipinski definition) is 5. The summed E-state index contributed by atoms with van der Waals surface area (Å²) in [6, 6.07) is 7.60. The highest BCUT2D eigenvalue weighted by molar-refractivity contribution is 5.93. The number of amides is 1. The van der Waals surface area contributed by atoms with Gasteiger partial charge in [0, 0.05) is 19.7 Å². The lowest BCUT2D eigenvalue weighted by molar-refractivity contribution is 0.1000. The van der Waals surface area contributed by atoms with Crippen molar-refractivity contribution in [3.8, 4) is 17.7 Å². The summed E-state index contributed by atoms with van der Waals surface area (Å²) in [7, 11) is 2.64. The maximum absolute atomic E-state index is 11.9. The van der Waals surface area contributed by atoms with Gasteiger partial charge in [-0.2, -0.15) is 5.26 Å². The lowest BCUT2D eigenvalue weighted by Crippen LogP contribution is -2.38. The van der Waals surface area contributed by atoms with Crippen LogP contribution in [0.4, 0.5) is 0 Å². The SMILES string of the molecule is Cn1c(Oc2cccc(C(N)=O)c2)c(C#N)c(=O)n(C)c1=O. The van der Waals surface area contributed by atoms with Gasteiger partial charge in [0.2, 0.25) is 11.8 Å². The third-order valence-electron chi connectivity index (χ3n) is 3.06. The molecular formula is C14H12N4O4. The second-order valence-corrected chi connectivity index (χ2v) is 4.49. The third-order valence-corrected chi connectivity index (χ3v) is 3.06. The van der Waals surface area contributed by atoms with Crippen LogP contribution in [0.5, 0.6) is 11.6 Å². The van der Waals surface area contributed by atoms with Crippen LogP contribution in [-0.2, 0) is 14.1 Å². The fourth-order valence-electron chi connectivity index (χ4n) is 1.87. The number of carbonyl (C=O) groups is 1. The topological polar surface area (TPSA) is 120 Å². The molecule has 2 rings (SSSR count). The third kappa shape index (κ3) is 2.47. The van der Waals surface area contributed by atoms with Gasteiger partial charge in [-0.25, -0.2) is 4.79 Å². The monoisotopic (exact) mass is 300 g/mol. The molecule has 22 heavy (non-hydrogen) atoms. The molecule has 0 aliphatic heterocycles. The molecule has 2 N–H and O–H groups in total. The van der Waals surface area contributed by atoms with Crippen LogP contribution in [0.2, 0.25) is 0 Å². The number of nitrogens with zero attached hydrogens (tertiary/aromatic N) is 3. The quantitative estimate of drug-likeness (QED) is 0.845. The molecule has 0 fully saturated rings. The Bertz CT molecular complexity index is 918. The van der Waals surface area contributed by atoms with Crippen molar-refractivity contribution in [2.75, 3.05) is 0 Å². The van der Waals surface area contributed by atoms with Crippen molar-refractivity contribution in [3.63, 3.8) is 0 Å². The summed E-state index contributed by atoms with van der Waals surface area (Å²) in [5, 5.41) is 9.13. The molecule has 1 amide bonds. The van der Waals surface area contributed by atoms with E-state index in [0.717, 1.165) is 9.13 Å². The van der Waals surface area contributed by atoms with Crippen molar-refractivity contribution < 1.29 is 9.53 Å². The molecule has 0 radical (unpaired) electrons. The molecule has 8 nitrogen and oxygen atoms in total. The Balaban J connectivity index is 2.62. The lowest BCUT2D eigenvalue weighted by Gasteiger charge is -2.12. The summed E-state index contributed by atoms with van der Waals surface area (Å²) in [5.41, 5.74) is 3.67. The number of ether oxygens (including phenoxy) is 1. The molecule has 0 unspecified atom stereocenters. The highest BCUT2D eigenvalue weighted by Crippen LogP contribution is 2.22. The van der Waals surface area contributed by atoms with Crippen LogP contribution in [0.3, 0.4) is 0 Å². The number of nitrogens with two attached hydrogens (primary N) is 1. The van der Waals surface area contributed by atoms with Crippen LogP contribution in [0.25, 0.3) is 0 Å². The van der Waals surface area contributed by atoms with Gasteiger partial charge in [0.25, 0.3) is 5.56 Å². The van der Waals surface area contributed by atoms with E-state index in [4.69, 9.17) is 15.7 Å². The van der Waals surface area contributed by atoms with Crippen molar-refractivity contribution in [2.24, 2.45) is 19.8 Å². The molecule has 1 aromatic heterocycles. The summed E-state index contributed by atoms with van der Waals surface area (Å²) in [6.07, 6.45) is 0. The minimum Gasteiger partial charge on any atom is -0.439 e. The van der Waals surface area contributed by atoms with Crippen molar-refractivity contribution in [1.29, 1.82) is 5.26 Å². The number of benzene rings is 1. The van der Waals surface area contributed by atoms with Crippen LogP contribution in [0.1, 0.15) is 15.9 Å². The number of hydrogen-bond donors (Lipinski definition) is 1. The molecule has 0 aliphatic carbocycles. The summed E-state index contributed by atoms with van der Waals surface area (Å²) in [5.74, 6) is -0.669. The molecule has 0 saturated heterocycles. The van der Waals surface area contributed by atoms with Gasteiger partial charge in [0.1, 0.15) is 11.8 Å². The molecule has 112 valence electrons. The van der Waals surface area contributed by atoms with E-state index in [0.29, 0.717) is 0 Å². The second-order valence-electron chi connectivity index (χ2n) is 4.49. The molecule has 2 aromatic rings. The van der Waals surface area contributed by atoms with Crippen LogP contribution >= 0.6 is 0 Å². The van der Waals surface area contributed by atoms with Gasteiger partial charge in [-0.1, -0.05) is 6.07 Å². The fourth-order valence-corrected chi connectivity index (χ4v) is 1.87. The Morgan fingerprint density at radius 3 is 2.55 bits per heavy atom. The number of nitriles is 1. The smallest absolute Gasteiger partial charge is 0.333 e. The summed E-state index contributed by atoms with van der Waals surface area (Å²) < 4.78 is 7.31. The van der Waals surface area contributed by atoms with E-state index < -0.39 is 17.2 Å². The Labute approximate surface area is 124 Å². The molecule has 0 bridgehead atoms. The molecule has 0 spiro atoms. The fraction of sp³-hybridized carbons (Fsp3) is 0.143. The van der Waals surface area contributed by atoms with E-state index in [1.54, 1.807) is 6.07 Å². The minimum atomic E-state index is -0.758. The van der Waals surface area contributed by atoms with E-state index >= 15 is 0 Å². The molecule has 8 heteroatoms. The lowest BCUT2D eigenvalue weighted by atomic mass is 10.2. The molecule has 0 saturated carbocycles. The van der Waals surface area contributed by atoms with Crippen LogP contribution in [0, 0.1) is 11.3 Å². The van der Waals surface area contributed by atoms with Crippen LogP contribution in [0.15, 0.2) is 33.9 Å². The Hall–Kier alpha value is -3.34. The van der Waals surface area contributed by atoms with Gasteiger partial charge in [-0.05, 0) is 18.2 Å². The first kappa shape index (κ1) is 15.1. The van der Waals surface area contributed by atoms with Gasteiger partial charge in [0.05, 0.1) is 0 Å². The highest BCUT2D eigenvalue weighted by atomic mass is 16.5. The predicted molar refractivity (Wildman–Crippen MR) is 76.7 cm³/mol. The first-order chi connectivity index (χ1) is 10.4. The Morgan fingerprint density at radius 1 is 1.27 bits per heavy atom. The Morgan fingerprint density at radius 2 is 1.95 bits per heavy atom. The molecule has 1 heterocycles. The molecular weight excluding hydrogens is 288 g/mol. The summed E-state index contributed by atoms with van der Waals surface area (Å²) in [4.78, 5) is 35.0. The van der Waals surface area contributed by atoms with Gasteiger partial charge < -0.3 is 10.5 Å². The van der Waals surface area contributed by atoms with Crippen molar-refractivity contribution >= 4 is 5.91 Å². The zero-order valence-electron chi connectivity index (χ0n) is 11.9. The number of aromatic nitrogens is 2. The summed E-state index contributed by atoms with van der Waals surface area (Å²) in [6.45, 7) is 0. The number of rotatable bonds is 3. The standard InChI is InChI=1S/C14H12N4O4/c1-17-12(20)10(7-15)13(18(2)14(17)21)22-9-5-3-4-8(6-9)11(16)19/h3-6H,1-2H3,(H2,16,19). The van der Waals surface area contributed by atoms with E-state index in [9.17, 15) is 14.4 Å². The van der Waals surface area contributed by atoms with E-state index in [2.05, 4.69) is 0 Å². The average molecular weight is 300 g/mol. The van der Waals surface area contributed by atoms with E-state index in [1.165, 1.54) is 38.4 Å². The van der Waals surface area contributed by atoms with Crippen LogP contribution < -0.4 is 21.7 Å². The maximum Gasteiger partial charge on any atom is 0.333 e. The van der Waals surface area contributed by atoms with Crippen LogP contribution in [-0.4, -0.2) is 15.0 Å². The zero-order valence-corrected chi connectivity index (χ0v) is 11.9. The Kier molecular flexibility index (Phi) is 3.81. The number of primary amides is 1. The van der Waals surface area contributed by atoms with Gasteiger partial charge in [0.15, 0.2) is 5.56 Å². The second kappa shape index (κ2) is 5.57. The molecule has 0 atom stereocenters. The van der Waals surface area contributed by atoms with E-state index in [-0.39, 0.29) is 22.8 Å². The van der Waals surface area contributed by atoms with Crippen molar-refractivity contribution in [3.05, 3.63) is 56.2 Å². The van der Waals surface area contributed by atoms with Gasteiger partial charge in [-0.15, -0.1) is 0 Å². The normalized spacial score (nSPS) is 10.0. The van der Waals surface area contributed by atoms with Gasteiger partial charge >= 0.3 is 5.69 Å². The first-order valence-electron chi connectivity index (χ1n) is 6.14. The maximum atomic E-state index is 11.9. The van der Waals surface area contributed by atoms with Crippen molar-refractivity contribution in [1.82, 2.24) is 9.13 Å². The van der Waals surface area contributed by atoms with Crippen molar-refractivity contribution in [2.45, 2.75) is 0 Å².